The molecule has 1 heterocycles. The van der Waals surface area contributed by atoms with Crippen molar-refractivity contribution in [1.29, 1.82) is 0 Å². The maximum atomic E-state index is 11.8. The first kappa shape index (κ1) is 14.5. The van der Waals surface area contributed by atoms with Gasteiger partial charge in [0.1, 0.15) is 0 Å². The number of carbonyl (C=O) groups excluding carboxylic acids is 1. The van der Waals surface area contributed by atoms with Gasteiger partial charge in [0.25, 0.3) is 0 Å². The molecule has 1 aliphatic rings. The third-order valence-corrected chi connectivity index (χ3v) is 3.13. The Bertz CT molecular complexity index is 235. The number of amides is 1. The van der Waals surface area contributed by atoms with Gasteiger partial charge in [0.05, 0.1) is 6.54 Å². The highest BCUT2D eigenvalue weighted by Gasteiger charge is 2.22. The highest BCUT2D eigenvalue weighted by atomic mass is 16.2. The molecule has 2 N–H and O–H groups in total. The molecule has 3 unspecified atom stereocenters. The molecule has 0 aromatic carbocycles. The second-order valence-electron chi connectivity index (χ2n) is 5.42. The van der Waals surface area contributed by atoms with Crippen LogP contribution in [0.3, 0.4) is 0 Å². The molecular formula is C13H27N3O. The van der Waals surface area contributed by atoms with Crippen molar-refractivity contribution in [1.82, 2.24) is 15.5 Å². The Hall–Kier alpha value is -0.610. The molecule has 0 aliphatic carbocycles. The van der Waals surface area contributed by atoms with Crippen molar-refractivity contribution >= 4 is 5.91 Å². The summed E-state index contributed by atoms with van der Waals surface area (Å²) in [5.41, 5.74) is 0. The van der Waals surface area contributed by atoms with Crippen LogP contribution >= 0.6 is 0 Å². The molecule has 4 heteroatoms. The van der Waals surface area contributed by atoms with Gasteiger partial charge in [0.15, 0.2) is 0 Å². The largest absolute Gasteiger partial charge is 0.353 e. The van der Waals surface area contributed by atoms with Crippen LogP contribution in [0.1, 0.15) is 40.5 Å². The number of nitrogens with one attached hydrogen (secondary N) is 2. The summed E-state index contributed by atoms with van der Waals surface area (Å²) >= 11 is 0. The van der Waals surface area contributed by atoms with E-state index in [2.05, 4.69) is 43.2 Å². The first-order valence-electron chi connectivity index (χ1n) is 6.79. The van der Waals surface area contributed by atoms with Crippen molar-refractivity contribution in [2.45, 2.75) is 58.7 Å². The van der Waals surface area contributed by atoms with E-state index in [9.17, 15) is 4.79 Å². The average molecular weight is 241 g/mol. The van der Waals surface area contributed by atoms with Crippen LogP contribution in [0, 0.1) is 0 Å². The molecule has 17 heavy (non-hydrogen) atoms. The van der Waals surface area contributed by atoms with E-state index in [1.807, 2.05) is 0 Å². The van der Waals surface area contributed by atoms with Gasteiger partial charge >= 0.3 is 0 Å². The van der Waals surface area contributed by atoms with Crippen LogP contribution in [-0.2, 0) is 4.79 Å². The van der Waals surface area contributed by atoms with Crippen LogP contribution in [0.4, 0.5) is 0 Å². The quantitative estimate of drug-likeness (QED) is 0.754. The molecular weight excluding hydrogens is 214 g/mol. The van der Waals surface area contributed by atoms with Crippen molar-refractivity contribution in [2.75, 3.05) is 19.6 Å². The molecule has 0 aromatic rings. The lowest BCUT2D eigenvalue weighted by Gasteiger charge is -2.35. The Kier molecular flexibility index (Phi) is 5.92. The van der Waals surface area contributed by atoms with Gasteiger partial charge in [0.2, 0.25) is 5.91 Å². The van der Waals surface area contributed by atoms with Gasteiger partial charge in [-0.15, -0.1) is 0 Å². The number of hydrogen-bond donors (Lipinski definition) is 2. The van der Waals surface area contributed by atoms with E-state index in [4.69, 9.17) is 0 Å². The van der Waals surface area contributed by atoms with Crippen molar-refractivity contribution in [3.05, 3.63) is 0 Å². The second kappa shape index (κ2) is 6.97. The fraction of sp³-hybridized carbons (Fsp3) is 0.923. The third-order valence-electron chi connectivity index (χ3n) is 3.13. The molecule has 100 valence electrons. The van der Waals surface area contributed by atoms with Crippen molar-refractivity contribution in [3.63, 3.8) is 0 Å². The van der Waals surface area contributed by atoms with Gasteiger partial charge < -0.3 is 10.6 Å². The monoisotopic (exact) mass is 241 g/mol. The van der Waals surface area contributed by atoms with E-state index in [1.165, 1.54) is 0 Å². The summed E-state index contributed by atoms with van der Waals surface area (Å²) in [5.74, 6) is 0.159. The summed E-state index contributed by atoms with van der Waals surface area (Å²) in [6.45, 7) is 11.0. The maximum Gasteiger partial charge on any atom is 0.234 e. The molecule has 1 amide bonds. The van der Waals surface area contributed by atoms with Gasteiger partial charge in [-0.05, 0) is 27.2 Å². The van der Waals surface area contributed by atoms with E-state index in [-0.39, 0.29) is 5.91 Å². The van der Waals surface area contributed by atoms with E-state index in [0.29, 0.717) is 24.7 Å². The Morgan fingerprint density at radius 2 is 2.00 bits per heavy atom. The van der Waals surface area contributed by atoms with Gasteiger partial charge in [-0.3, -0.25) is 9.69 Å². The first-order chi connectivity index (χ1) is 8.01. The van der Waals surface area contributed by atoms with Crippen LogP contribution in [0.5, 0.6) is 0 Å². The molecule has 0 radical (unpaired) electrons. The Labute approximate surface area is 105 Å². The second-order valence-corrected chi connectivity index (χ2v) is 5.42. The molecule has 3 atom stereocenters. The van der Waals surface area contributed by atoms with Crippen LogP contribution < -0.4 is 10.6 Å². The normalized spacial score (nSPS) is 27.8. The van der Waals surface area contributed by atoms with Crippen LogP contribution in [0.15, 0.2) is 0 Å². The summed E-state index contributed by atoms with van der Waals surface area (Å²) in [6.07, 6.45) is 2.17. The lowest BCUT2D eigenvalue weighted by Crippen LogP contribution is -2.56. The summed E-state index contributed by atoms with van der Waals surface area (Å²) in [7, 11) is 0. The SMILES string of the molecule is CCCC(C)NC(=O)CN1CC(C)NC(C)C1. The highest BCUT2D eigenvalue weighted by Crippen LogP contribution is 2.03. The Balaban J connectivity index is 2.30. The molecule has 1 saturated heterocycles. The minimum absolute atomic E-state index is 0.159. The first-order valence-corrected chi connectivity index (χ1v) is 6.79. The summed E-state index contributed by atoms with van der Waals surface area (Å²) in [5, 5.41) is 6.53. The minimum atomic E-state index is 0.159. The third kappa shape index (κ3) is 5.50. The summed E-state index contributed by atoms with van der Waals surface area (Å²) in [4.78, 5) is 14.1. The molecule has 1 aliphatic heterocycles. The van der Waals surface area contributed by atoms with E-state index in [0.717, 1.165) is 25.9 Å². The predicted octanol–water partition coefficient (Wildman–Crippen LogP) is 0.973. The van der Waals surface area contributed by atoms with Gasteiger partial charge in [-0.25, -0.2) is 0 Å². The van der Waals surface area contributed by atoms with Gasteiger partial charge in [-0.2, -0.15) is 0 Å². The zero-order chi connectivity index (χ0) is 12.8. The molecule has 0 spiro atoms. The van der Waals surface area contributed by atoms with Gasteiger partial charge in [0, 0.05) is 31.2 Å². The zero-order valence-electron chi connectivity index (χ0n) is 11.6. The smallest absolute Gasteiger partial charge is 0.234 e. The topological polar surface area (TPSA) is 44.4 Å². The van der Waals surface area contributed by atoms with Crippen LogP contribution in [0.2, 0.25) is 0 Å². The Morgan fingerprint density at radius 3 is 2.53 bits per heavy atom. The highest BCUT2D eigenvalue weighted by molar-refractivity contribution is 5.78. The lowest BCUT2D eigenvalue weighted by atomic mass is 10.1. The molecule has 0 aromatic heterocycles. The molecule has 4 nitrogen and oxygen atoms in total. The van der Waals surface area contributed by atoms with Crippen LogP contribution in [0.25, 0.3) is 0 Å². The zero-order valence-corrected chi connectivity index (χ0v) is 11.6. The minimum Gasteiger partial charge on any atom is -0.353 e. The fourth-order valence-electron chi connectivity index (χ4n) is 2.60. The van der Waals surface area contributed by atoms with E-state index in [1.54, 1.807) is 0 Å². The lowest BCUT2D eigenvalue weighted by molar-refractivity contribution is -0.123. The number of hydrogen-bond acceptors (Lipinski definition) is 3. The summed E-state index contributed by atoms with van der Waals surface area (Å²) in [6, 6.07) is 1.24. The molecule has 0 saturated carbocycles. The maximum absolute atomic E-state index is 11.8. The fourth-order valence-corrected chi connectivity index (χ4v) is 2.60. The number of rotatable bonds is 5. The average Bonchev–Trinajstić information content (AvgIpc) is 2.14. The number of carbonyl (C=O) groups is 1. The van der Waals surface area contributed by atoms with Crippen LogP contribution in [-0.4, -0.2) is 48.6 Å². The Morgan fingerprint density at radius 1 is 1.41 bits per heavy atom. The summed E-state index contributed by atoms with van der Waals surface area (Å²) < 4.78 is 0. The van der Waals surface area contributed by atoms with E-state index < -0.39 is 0 Å². The van der Waals surface area contributed by atoms with Crippen molar-refractivity contribution < 1.29 is 4.79 Å². The van der Waals surface area contributed by atoms with Gasteiger partial charge in [-0.1, -0.05) is 13.3 Å². The standard InChI is InChI=1S/C13H27N3O/c1-5-6-10(2)15-13(17)9-16-7-11(3)14-12(4)8-16/h10-12,14H,5-9H2,1-4H3,(H,15,17). The molecule has 0 bridgehead atoms. The van der Waals surface area contributed by atoms with E-state index >= 15 is 0 Å². The van der Waals surface area contributed by atoms with Crippen molar-refractivity contribution in [3.8, 4) is 0 Å². The predicted molar refractivity (Wildman–Crippen MR) is 71.0 cm³/mol. The number of nitrogens with zero attached hydrogens (tertiary/aromatic N) is 1. The van der Waals surface area contributed by atoms with Crippen molar-refractivity contribution in [2.24, 2.45) is 0 Å². The number of piperazine rings is 1. The molecule has 1 rings (SSSR count). The molecule has 1 fully saturated rings.